The fourth-order valence-corrected chi connectivity index (χ4v) is 4.70. The van der Waals surface area contributed by atoms with E-state index in [1.165, 1.54) is 16.2 Å². The van der Waals surface area contributed by atoms with E-state index < -0.39 is 0 Å². The number of thiophene rings is 1. The third kappa shape index (κ3) is 4.87. The van der Waals surface area contributed by atoms with Gasteiger partial charge in [0.05, 0.1) is 31.7 Å². The summed E-state index contributed by atoms with van der Waals surface area (Å²) in [6.07, 6.45) is 4.24. The summed E-state index contributed by atoms with van der Waals surface area (Å²) in [4.78, 5) is 42.3. The first kappa shape index (κ1) is 19.8. The Labute approximate surface area is 163 Å². The SMILES string of the molecule is CN(C)C(=O)C[NH+]1CCN(C(=O)COC(=O)c2csc3c2CCCC3)CC1. The number of ether oxygens (including phenoxy) is 1. The highest BCUT2D eigenvalue weighted by atomic mass is 32.1. The van der Waals surface area contributed by atoms with Crippen LogP contribution < -0.4 is 4.90 Å². The number of hydrogen-bond acceptors (Lipinski definition) is 5. The van der Waals surface area contributed by atoms with Crippen molar-refractivity contribution >= 4 is 29.1 Å². The predicted molar refractivity (Wildman–Crippen MR) is 102 cm³/mol. The summed E-state index contributed by atoms with van der Waals surface area (Å²) < 4.78 is 5.30. The normalized spacial score (nSPS) is 17.3. The van der Waals surface area contributed by atoms with Crippen molar-refractivity contribution in [2.24, 2.45) is 0 Å². The van der Waals surface area contributed by atoms with Gasteiger partial charge in [-0.2, -0.15) is 0 Å². The summed E-state index contributed by atoms with van der Waals surface area (Å²) in [6, 6.07) is 0. The molecule has 1 aliphatic heterocycles. The Morgan fingerprint density at radius 1 is 1.19 bits per heavy atom. The molecule has 1 saturated heterocycles. The summed E-state index contributed by atoms with van der Waals surface area (Å²) in [7, 11) is 3.50. The van der Waals surface area contributed by atoms with E-state index in [2.05, 4.69) is 0 Å². The van der Waals surface area contributed by atoms with E-state index in [0.29, 0.717) is 25.2 Å². The number of amides is 2. The molecule has 2 amide bonds. The first-order valence-electron chi connectivity index (χ1n) is 9.53. The number of fused-ring (bicyclic) bond motifs is 1. The van der Waals surface area contributed by atoms with E-state index in [9.17, 15) is 14.4 Å². The topological polar surface area (TPSA) is 71.4 Å². The molecule has 0 aromatic carbocycles. The number of quaternary nitrogens is 1. The van der Waals surface area contributed by atoms with Gasteiger partial charge >= 0.3 is 5.97 Å². The minimum atomic E-state index is -0.386. The van der Waals surface area contributed by atoms with Crippen LogP contribution >= 0.6 is 11.3 Å². The van der Waals surface area contributed by atoms with E-state index in [4.69, 9.17) is 4.74 Å². The lowest BCUT2D eigenvalue weighted by Gasteiger charge is -2.32. The molecule has 1 N–H and O–H groups in total. The van der Waals surface area contributed by atoms with Crippen molar-refractivity contribution in [2.75, 3.05) is 53.4 Å². The molecule has 0 saturated carbocycles. The van der Waals surface area contributed by atoms with Crippen molar-refractivity contribution in [1.82, 2.24) is 9.80 Å². The van der Waals surface area contributed by atoms with Gasteiger partial charge < -0.3 is 19.4 Å². The van der Waals surface area contributed by atoms with Gasteiger partial charge in [-0.3, -0.25) is 9.59 Å². The maximum Gasteiger partial charge on any atom is 0.339 e. The fraction of sp³-hybridized carbons (Fsp3) is 0.632. The lowest BCUT2D eigenvalue weighted by Crippen LogP contribution is -3.15. The van der Waals surface area contributed by atoms with Crippen LogP contribution in [0.5, 0.6) is 0 Å². The maximum atomic E-state index is 12.4. The number of carbonyl (C=O) groups excluding carboxylic acids is 3. The molecule has 0 spiro atoms. The number of carbonyl (C=O) groups is 3. The van der Waals surface area contributed by atoms with Crippen molar-refractivity contribution in [2.45, 2.75) is 25.7 Å². The molecule has 8 heteroatoms. The number of rotatable bonds is 5. The molecule has 3 rings (SSSR count). The molecule has 0 bridgehead atoms. The van der Waals surface area contributed by atoms with Crippen LogP contribution in [0.3, 0.4) is 0 Å². The van der Waals surface area contributed by atoms with Crippen molar-refractivity contribution < 1.29 is 24.0 Å². The van der Waals surface area contributed by atoms with Gasteiger partial charge in [-0.1, -0.05) is 0 Å². The zero-order valence-corrected chi connectivity index (χ0v) is 16.9. The van der Waals surface area contributed by atoms with Crippen LogP contribution in [0, 0.1) is 0 Å². The van der Waals surface area contributed by atoms with Crippen LogP contribution in [0.4, 0.5) is 0 Å². The Bertz CT molecular complexity index is 708. The van der Waals surface area contributed by atoms with Crippen LogP contribution in [0.15, 0.2) is 5.38 Å². The maximum absolute atomic E-state index is 12.4. The van der Waals surface area contributed by atoms with Gasteiger partial charge in [0.25, 0.3) is 11.8 Å². The highest BCUT2D eigenvalue weighted by Crippen LogP contribution is 2.30. The third-order valence-corrected chi connectivity index (χ3v) is 6.42. The average molecular weight is 395 g/mol. The highest BCUT2D eigenvalue weighted by Gasteiger charge is 2.27. The van der Waals surface area contributed by atoms with Crippen molar-refractivity contribution in [1.29, 1.82) is 0 Å². The minimum absolute atomic E-state index is 0.0952. The van der Waals surface area contributed by atoms with Gasteiger partial charge in [0.15, 0.2) is 13.2 Å². The van der Waals surface area contributed by atoms with Gasteiger partial charge in [-0.05, 0) is 31.2 Å². The van der Waals surface area contributed by atoms with E-state index in [-0.39, 0.29) is 24.4 Å². The molecular formula is C19H28N3O4S+. The first-order valence-corrected chi connectivity index (χ1v) is 10.4. The Morgan fingerprint density at radius 3 is 2.59 bits per heavy atom. The molecule has 2 aliphatic rings. The Kier molecular flexibility index (Phi) is 6.49. The standard InChI is InChI=1S/C19H27N3O4S/c1-20(2)17(23)11-21-7-9-22(10-8-21)18(24)12-26-19(25)15-13-27-16-6-4-3-5-14(15)16/h13H,3-12H2,1-2H3/p+1. The van der Waals surface area contributed by atoms with Crippen LogP contribution in [-0.2, 0) is 27.2 Å². The van der Waals surface area contributed by atoms with Gasteiger partial charge in [-0.25, -0.2) is 4.79 Å². The molecule has 148 valence electrons. The number of piperazine rings is 1. The van der Waals surface area contributed by atoms with Crippen LogP contribution in [0.25, 0.3) is 0 Å². The van der Waals surface area contributed by atoms with Crippen LogP contribution in [0.1, 0.15) is 33.6 Å². The lowest BCUT2D eigenvalue weighted by molar-refractivity contribution is -0.896. The monoisotopic (exact) mass is 394 g/mol. The fourth-order valence-electron chi connectivity index (χ4n) is 3.58. The quantitative estimate of drug-likeness (QED) is 0.690. The molecular weight excluding hydrogens is 366 g/mol. The molecule has 1 fully saturated rings. The number of hydrogen-bond donors (Lipinski definition) is 1. The van der Waals surface area contributed by atoms with Crippen LogP contribution in [0.2, 0.25) is 0 Å². The predicted octanol–water partition coefficient (Wildman–Crippen LogP) is -0.401. The highest BCUT2D eigenvalue weighted by molar-refractivity contribution is 7.10. The van der Waals surface area contributed by atoms with Gasteiger partial charge in [0.1, 0.15) is 0 Å². The summed E-state index contributed by atoms with van der Waals surface area (Å²) in [6.45, 7) is 2.87. The van der Waals surface area contributed by atoms with Gasteiger partial charge in [-0.15, -0.1) is 11.3 Å². The second kappa shape index (κ2) is 8.84. The summed E-state index contributed by atoms with van der Waals surface area (Å²) in [5.41, 5.74) is 1.76. The Morgan fingerprint density at radius 2 is 1.89 bits per heavy atom. The number of likely N-dealkylation sites (N-methyl/N-ethyl adjacent to an activating group) is 1. The van der Waals surface area contributed by atoms with E-state index in [1.54, 1.807) is 35.2 Å². The number of esters is 1. The van der Waals surface area contributed by atoms with E-state index in [0.717, 1.165) is 37.9 Å². The van der Waals surface area contributed by atoms with Crippen molar-refractivity contribution in [3.63, 3.8) is 0 Å². The zero-order chi connectivity index (χ0) is 19.4. The second-order valence-corrected chi connectivity index (χ2v) is 8.39. The van der Waals surface area contributed by atoms with E-state index in [1.807, 2.05) is 5.38 Å². The first-order chi connectivity index (χ1) is 13.0. The second-order valence-electron chi connectivity index (χ2n) is 7.43. The molecule has 1 aliphatic carbocycles. The lowest BCUT2D eigenvalue weighted by atomic mass is 9.96. The molecule has 1 aromatic heterocycles. The smallest absolute Gasteiger partial charge is 0.339 e. The largest absolute Gasteiger partial charge is 0.452 e. The number of nitrogens with zero attached hydrogens (tertiary/aromatic N) is 2. The molecule has 27 heavy (non-hydrogen) atoms. The Balaban J connectivity index is 1.44. The Hall–Kier alpha value is -1.93. The van der Waals surface area contributed by atoms with Crippen LogP contribution in [-0.4, -0.2) is 81.0 Å². The molecule has 1 aromatic rings. The zero-order valence-electron chi connectivity index (χ0n) is 16.1. The molecule has 0 unspecified atom stereocenters. The van der Waals surface area contributed by atoms with Crippen molar-refractivity contribution in [3.05, 3.63) is 21.4 Å². The van der Waals surface area contributed by atoms with E-state index >= 15 is 0 Å². The minimum Gasteiger partial charge on any atom is -0.452 e. The molecule has 2 heterocycles. The summed E-state index contributed by atoms with van der Waals surface area (Å²) >= 11 is 1.62. The molecule has 0 atom stereocenters. The van der Waals surface area contributed by atoms with Gasteiger partial charge in [0.2, 0.25) is 0 Å². The molecule has 7 nitrogen and oxygen atoms in total. The molecule has 0 radical (unpaired) electrons. The number of aryl methyl sites for hydroxylation is 1. The average Bonchev–Trinajstić information content (AvgIpc) is 3.10. The van der Waals surface area contributed by atoms with Gasteiger partial charge in [0, 0.05) is 24.4 Å². The third-order valence-electron chi connectivity index (χ3n) is 5.33. The summed E-state index contributed by atoms with van der Waals surface area (Å²) in [5, 5.41) is 1.87. The van der Waals surface area contributed by atoms with Crippen molar-refractivity contribution in [3.8, 4) is 0 Å². The number of nitrogens with one attached hydrogen (secondary N) is 1. The summed E-state index contributed by atoms with van der Waals surface area (Å²) in [5.74, 6) is -0.452.